The lowest BCUT2D eigenvalue weighted by Crippen LogP contribution is -2.61. The second-order valence-electron chi connectivity index (χ2n) is 6.25. The maximum absolute atomic E-state index is 3.38. The van der Waals surface area contributed by atoms with Crippen molar-refractivity contribution in [3.8, 4) is 0 Å². The molecular weight excluding hydrogens is 278 g/mol. The molecule has 1 aromatic heterocycles. The number of benzene rings is 1. The van der Waals surface area contributed by atoms with Gasteiger partial charge in [0, 0.05) is 60.9 Å². The molecular formula is C17H23N3S. The Morgan fingerprint density at radius 3 is 2.57 bits per heavy atom. The zero-order valence-corrected chi connectivity index (χ0v) is 13.4. The summed E-state index contributed by atoms with van der Waals surface area (Å²) >= 11 is 1.96. The average Bonchev–Trinajstić information content (AvgIpc) is 2.89. The fourth-order valence-corrected chi connectivity index (χ4v) is 4.56. The van der Waals surface area contributed by atoms with Gasteiger partial charge in [0.2, 0.25) is 0 Å². The minimum absolute atomic E-state index is 0.545. The second-order valence-corrected chi connectivity index (χ2v) is 7.36. The molecule has 4 heteroatoms. The fraction of sp³-hybridized carbons (Fsp3) is 0.529. The summed E-state index contributed by atoms with van der Waals surface area (Å²) in [5.74, 6) is 0. The van der Waals surface area contributed by atoms with E-state index >= 15 is 0 Å². The van der Waals surface area contributed by atoms with Gasteiger partial charge >= 0.3 is 0 Å². The number of nitrogens with zero attached hydrogens (tertiary/aromatic N) is 2. The Hall–Kier alpha value is -0.940. The molecule has 2 aliphatic heterocycles. The number of fused-ring (bicyclic) bond motifs is 1. The lowest BCUT2D eigenvalue weighted by molar-refractivity contribution is 0.0559. The van der Waals surface area contributed by atoms with Crippen molar-refractivity contribution < 1.29 is 0 Å². The summed E-state index contributed by atoms with van der Waals surface area (Å²) in [4.78, 5) is 6.81. The highest BCUT2D eigenvalue weighted by atomic mass is 32.1. The van der Waals surface area contributed by atoms with Crippen LogP contribution in [0.4, 0.5) is 0 Å². The first-order chi connectivity index (χ1) is 10.3. The Kier molecular flexibility index (Phi) is 3.71. The molecule has 3 heterocycles. The number of rotatable bonds is 3. The molecule has 1 atom stereocenters. The lowest BCUT2D eigenvalue weighted by atomic mass is 10.1. The van der Waals surface area contributed by atoms with Crippen LogP contribution in [0.1, 0.15) is 17.8 Å². The number of thiophene rings is 1. The quantitative estimate of drug-likeness (QED) is 0.940. The van der Waals surface area contributed by atoms with Crippen LogP contribution in [0.2, 0.25) is 0 Å². The van der Waals surface area contributed by atoms with E-state index in [-0.39, 0.29) is 0 Å². The largest absolute Gasteiger partial charge is 0.314 e. The van der Waals surface area contributed by atoms with E-state index in [4.69, 9.17) is 0 Å². The van der Waals surface area contributed by atoms with Gasteiger partial charge in [0.25, 0.3) is 0 Å². The average molecular weight is 301 g/mol. The molecule has 0 saturated carbocycles. The Morgan fingerprint density at radius 1 is 1.14 bits per heavy atom. The number of hydrogen-bond donors (Lipinski definition) is 1. The molecule has 0 spiro atoms. The maximum Gasteiger partial charge on any atom is 0.0414 e. The van der Waals surface area contributed by atoms with Crippen LogP contribution in [0, 0.1) is 0 Å². The molecule has 112 valence electrons. The molecule has 0 amide bonds. The van der Waals surface area contributed by atoms with E-state index in [0.717, 1.165) is 6.04 Å². The molecule has 0 bridgehead atoms. The normalized spacial score (nSPS) is 23.3. The summed E-state index contributed by atoms with van der Waals surface area (Å²) < 4.78 is 1.42. The lowest BCUT2D eigenvalue weighted by Gasteiger charge is -2.44. The maximum atomic E-state index is 3.38. The predicted molar refractivity (Wildman–Crippen MR) is 90.0 cm³/mol. The van der Waals surface area contributed by atoms with Crippen molar-refractivity contribution in [3.63, 3.8) is 0 Å². The van der Waals surface area contributed by atoms with Gasteiger partial charge in [-0.15, -0.1) is 11.3 Å². The molecule has 3 nitrogen and oxygen atoms in total. The van der Waals surface area contributed by atoms with Crippen LogP contribution < -0.4 is 5.32 Å². The molecule has 1 unspecified atom stereocenters. The highest BCUT2D eigenvalue weighted by molar-refractivity contribution is 7.19. The van der Waals surface area contributed by atoms with Crippen molar-refractivity contribution in [3.05, 3.63) is 35.2 Å². The number of hydrogen-bond acceptors (Lipinski definition) is 4. The van der Waals surface area contributed by atoms with Gasteiger partial charge in [-0.25, -0.2) is 0 Å². The van der Waals surface area contributed by atoms with Crippen LogP contribution in [0.3, 0.4) is 0 Å². The SMILES string of the molecule is CC(c1cc2ccccc2s1)N1CCN(C2CNC2)CC1. The Balaban J connectivity index is 1.44. The highest BCUT2D eigenvalue weighted by Gasteiger charge is 2.29. The third-order valence-corrected chi connectivity index (χ3v) is 6.32. The third-order valence-electron chi connectivity index (χ3n) is 5.03. The van der Waals surface area contributed by atoms with Crippen LogP contribution in [0.5, 0.6) is 0 Å². The molecule has 0 aliphatic carbocycles. The van der Waals surface area contributed by atoms with E-state index in [1.807, 2.05) is 11.3 Å². The van der Waals surface area contributed by atoms with Crippen molar-refractivity contribution >= 4 is 21.4 Å². The molecule has 2 saturated heterocycles. The van der Waals surface area contributed by atoms with Gasteiger partial charge in [-0.1, -0.05) is 18.2 Å². The van der Waals surface area contributed by atoms with Crippen molar-refractivity contribution in [2.45, 2.75) is 19.0 Å². The number of piperazine rings is 1. The topological polar surface area (TPSA) is 18.5 Å². The second kappa shape index (κ2) is 5.69. The minimum atomic E-state index is 0.545. The molecule has 1 N–H and O–H groups in total. The van der Waals surface area contributed by atoms with Gasteiger partial charge in [-0.3, -0.25) is 9.80 Å². The Labute approximate surface area is 130 Å². The molecule has 2 aromatic rings. The van der Waals surface area contributed by atoms with Gasteiger partial charge in [0.15, 0.2) is 0 Å². The first kappa shape index (κ1) is 13.7. The summed E-state index contributed by atoms with van der Waals surface area (Å²) in [6.45, 7) is 9.59. The van der Waals surface area contributed by atoms with Crippen LogP contribution in [-0.4, -0.2) is 55.1 Å². The molecule has 21 heavy (non-hydrogen) atoms. The summed E-state index contributed by atoms with van der Waals surface area (Å²) in [5.41, 5.74) is 0. The Morgan fingerprint density at radius 2 is 1.90 bits per heavy atom. The van der Waals surface area contributed by atoms with Crippen molar-refractivity contribution in [1.82, 2.24) is 15.1 Å². The van der Waals surface area contributed by atoms with Gasteiger partial charge in [0.05, 0.1) is 0 Å². The van der Waals surface area contributed by atoms with Gasteiger partial charge in [-0.05, 0) is 24.4 Å². The van der Waals surface area contributed by atoms with Crippen molar-refractivity contribution in [2.24, 2.45) is 0 Å². The first-order valence-electron chi connectivity index (χ1n) is 7.98. The Bertz CT molecular complexity index is 578. The van der Waals surface area contributed by atoms with E-state index in [2.05, 4.69) is 52.4 Å². The standard InChI is InChI=1S/C17H23N3S/c1-13(17-10-14-4-2-3-5-16(14)21-17)19-6-8-20(9-7-19)15-11-18-12-15/h2-5,10,13,15,18H,6-9,11-12H2,1H3. The zero-order valence-electron chi connectivity index (χ0n) is 12.6. The zero-order chi connectivity index (χ0) is 14.2. The molecule has 0 radical (unpaired) electrons. The van der Waals surface area contributed by atoms with E-state index < -0.39 is 0 Å². The van der Waals surface area contributed by atoms with E-state index in [1.165, 1.54) is 54.2 Å². The summed E-state index contributed by atoms with van der Waals surface area (Å²) in [6.07, 6.45) is 0. The van der Waals surface area contributed by atoms with Crippen LogP contribution in [-0.2, 0) is 0 Å². The van der Waals surface area contributed by atoms with Crippen LogP contribution in [0.15, 0.2) is 30.3 Å². The highest BCUT2D eigenvalue weighted by Crippen LogP contribution is 2.33. The summed E-state index contributed by atoms with van der Waals surface area (Å²) in [6, 6.07) is 12.5. The van der Waals surface area contributed by atoms with Crippen LogP contribution in [0.25, 0.3) is 10.1 Å². The van der Waals surface area contributed by atoms with Crippen LogP contribution >= 0.6 is 11.3 Å². The smallest absolute Gasteiger partial charge is 0.0414 e. The fourth-order valence-electron chi connectivity index (χ4n) is 3.41. The molecule has 4 rings (SSSR count). The summed E-state index contributed by atoms with van der Waals surface area (Å²) in [5, 5.41) is 4.77. The van der Waals surface area contributed by atoms with Gasteiger partial charge < -0.3 is 5.32 Å². The van der Waals surface area contributed by atoms with Gasteiger partial charge in [-0.2, -0.15) is 0 Å². The van der Waals surface area contributed by atoms with E-state index in [1.54, 1.807) is 0 Å². The first-order valence-corrected chi connectivity index (χ1v) is 8.80. The molecule has 2 aliphatic rings. The minimum Gasteiger partial charge on any atom is -0.314 e. The van der Waals surface area contributed by atoms with Gasteiger partial charge in [0.1, 0.15) is 0 Å². The monoisotopic (exact) mass is 301 g/mol. The van der Waals surface area contributed by atoms with E-state index in [0.29, 0.717) is 6.04 Å². The predicted octanol–water partition coefficient (Wildman–Crippen LogP) is 2.55. The van der Waals surface area contributed by atoms with Crippen molar-refractivity contribution in [2.75, 3.05) is 39.3 Å². The third kappa shape index (κ3) is 2.61. The molecule has 2 fully saturated rings. The summed E-state index contributed by atoms with van der Waals surface area (Å²) in [7, 11) is 0. The number of nitrogens with one attached hydrogen (secondary N) is 1. The molecule has 1 aromatic carbocycles. The van der Waals surface area contributed by atoms with Crippen molar-refractivity contribution in [1.29, 1.82) is 0 Å². The van der Waals surface area contributed by atoms with E-state index in [9.17, 15) is 0 Å².